The molecular formula is C13H20N2O5. The van der Waals surface area contributed by atoms with E-state index in [4.69, 9.17) is 5.11 Å². The number of aliphatic carboxylic acids is 1. The van der Waals surface area contributed by atoms with Crippen molar-refractivity contribution in [2.24, 2.45) is 5.92 Å². The molecule has 2 heterocycles. The van der Waals surface area contributed by atoms with Crippen molar-refractivity contribution in [2.75, 3.05) is 20.7 Å². The molecule has 2 bridgehead atoms. The Hall–Kier alpha value is -1.79. The molecule has 3 atom stereocenters. The Morgan fingerprint density at radius 1 is 1.35 bits per heavy atom. The Kier molecular flexibility index (Phi) is 4.15. The number of ether oxygens (including phenoxy) is 1. The normalized spacial score (nSPS) is 27.5. The van der Waals surface area contributed by atoms with Crippen molar-refractivity contribution in [2.45, 2.75) is 37.8 Å². The number of urea groups is 1. The zero-order chi connectivity index (χ0) is 14.9. The highest BCUT2D eigenvalue weighted by molar-refractivity contribution is 5.80. The second-order valence-electron chi connectivity index (χ2n) is 5.42. The van der Waals surface area contributed by atoms with Crippen LogP contribution in [-0.4, -0.2) is 65.7 Å². The first kappa shape index (κ1) is 14.6. The number of hydrogen-bond donors (Lipinski definition) is 1. The smallest absolute Gasteiger partial charge is 0.320 e. The van der Waals surface area contributed by atoms with E-state index in [1.807, 2.05) is 0 Å². The summed E-state index contributed by atoms with van der Waals surface area (Å²) in [5.74, 6) is -1.64. The van der Waals surface area contributed by atoms with Crippen LogP contribution in [-0.2, 0) is 14.3 Å². The molecule has 2 aliphatic rings. The van der Waals surface area contributed by atoms with Crippen LogP contribution in [0.2, 0.25) is 0 Å². The number of carboxylic acids is 1. The number of carbonyl (C=O) groups excluding carboxylic acids is 2. The highest BCUT2D eigenvalue weighted by Gasteiger charge is 2.51. The van der Waals surface area contributed by atoms with Gasteiger partial charge in [0.15, 0.2) is 0 Å². The molecule has 2 fully saturated rings. The maximum atomic E-state index is 12.4. The third-order valence-electron chi connectivity index (χ3n) is 4.28. The van der Waals surface area contributed by atoms with Crippen molar-refractivity contribution in [3.63, 3.8) is 0 Å². The summed E-state index contributed by atoms with van der Waals surface area (Å²) in [6, 6.07) is -0.370. The van der Waals surface area contributed by atoms with Gasteiger partial charge >= 0.3 is 18.0 Å². The Labute approximate surface area is 117 Å². The fourth-order valence-corrected chi connectivity index (χ4v) is 3.21. The molecule has 0 aromatic carbocycles. The first-order valence-corrected chi connectivity index (χ1v) is 6.78. The highest BCUT2D eigenvalue weighted by Crippen LogP contribution is 2.42. The lowest BCUT2D eigenvalue weighted by Crippen LogP contribution is -2.45. The Morgan fingerprint density at radius 2 is 2.05 bits per heavy atom. The van der Waals surface area contributed by atoms with E-state index in [-0.39, 0.29) is 37.0 Å². The van der Waals surface area contributed by atoms with Crippen LogP contribution in [0.4, 0.5) is 4.79 Å². The Morgan fingerprint density at radius 3 is 2.60 bits per heavy atom. The van der Waals surface area contributed by atoms with Gasteiger partial charge < -0.3 is 19.6 Å². The van der Waals surface area contributed by atoms with Crippen LogP contribution in [0.15, 0.2) is 0 Å². The number of fused-ring (bicyclic) bond motifs is 2. The van der Waals surface area contributed by atoms with E-state index in [0.717, 1.165) is 12.8 Å². The summed E-state index contributed by atoms with van der Waals surface area (Å²) < 4.78 is 4.54. The minimum atomic E-state index is -0.827. The van der Waals surface area contributed by atoms with E-state index in [2.05, 4.69) is 4.74 Å². The largest absolute Gasteiger partial charge is 0.481 e. The van der Waals surface area contributed by atoms with Crippen LogP contribution in [0, 0.1) is 5.92 Å². The SMILES string of the molecule is COC(=O)CCN(C)C(=O)N1C2CCC1C(C(=O)O)C2. The monoisotopic (exact) mass is 284 g/mol. The van der Waals surface area contributed by atoms with E-state index in [0.29, 0.717) is 6.42 Å². The Bertz CT molecular complexity index is 425. The number of methoxy groups -OCH3 is 1. The first-order valence-electron chi connectivity index (χ1n) is 6.78. The number of esters is 1. The van der Waals surface area contributed by atoms with Gasteiger partial charge in [0.05, 0.1) is 19.4 Å². The van der Waals surface area contributed by atoms with Gasteiger partial charge in [0.1, 0.15) is 0 Å². The molecule has 7 nitrogen and oxygen atoms in total. The molecule has 112 valence electrons. The van der Waals surface area contributed by atoms with Gasteiger partial charge in [0.2, 0.25) is 0 Å². The number of amides is 2. The molecule has 2 rings (SSSR count). The molecule has 0 aromatic heterocycles. The van der Waals surface area contributed by atoms with Crippen LogP contribution in [0.3, 0.4) is 0 Å². The summed E-state index contributed by atoms with van der Waals surface area (Å²) in [6.45, 7) is 0.277. The molecule has 0 aliphatic carbocycles. The molecule has 1 N–H and O–H groups in total. The summed E-state index contributed by atoms with van der Waals surface area (Å²) in [6.07, 6.45) is 2.30. The predicted octanol–water partition coefficient (Wildman–Crippen LogP) is 0.539. The quantitative estimate of drug-likeness (QED) is 0.761. The molecule has 2 amide bonds. The number of nitrogens with zero attached hydrogens (tertiary/aromatic N) is 2. The van der Waals surface area contributed by atoms with Crippen molar-refractivity contribution >= 4 is 18.0 Å². The fourth-order valence-electron chi connectivity index (χ4n) is 3.21. The third kappa shape index (κ3) is 2.57. The van der Waals surface area contributed by atoms with E-state index in [9.17, 15) is 14.4 Å². The van der Waals surface area contributed by atoms with Crippen molar-refractivity contribution in [3.05, 3.63) is 0 Å². The topological polar surface area (TPSA) is 87.2 Å². The zero-order valence-electron chi connectivity index (χ0n) is 11.7. The minimum Gasteiger partial charge on any atom is -0.481 e. The second-order valence-corrected chi connectivity index (χ2v) is 5.42. The molecule has 0 spiro atoms. The number of hydrogen-bond acceptors (Lipinski definition) is 4. The van der Waals surface area contributed by atoms with Crippen LogP contribution < -0.4 is 0 Å². The van der Waals surface area contributed by atoms with Crippen molar-refractivity contribution < 1.29 is 24.2 Å². The number of carboxylic acid groups (broad SMARTS) is 1. The van der Waals surface area contributed by atoms with Gasteiger partial charge in [-0.15, -0.1) is 0 Å². The maximum absolute atomic E-state index is 12.4. The molecule has 7 heteroatoms. The van der Waals surface area contributed by atoms with Crippen molar-refractivity contribution in [3.8, 4) is 0 Å². The van der Waals surface area contributed by atoms with Gasteiger partial charge in [0.25, 0.3) is 0 Å². The molecule has 3 unspecified atom stereocenters. The van der Waals surface area contributed by atoms with Crippen LogP contribution in [0.1, 0.15) is 25.7 Å². The maximum Gasteiger partial charge on any atom is 0.320 e. The summed E-state index contributed by atoms with van der Waals surface area (Å²) in [5, 5.41) is 9.17. The van der Waals surface area contributed by atoms with E-state index < -0.39 is 11.9 Å². The van der Waals surface area contributed by atoms with Gasteiger partial charge in [0, 0.05) is 25.7 Å². The lowest BCUT2D eigenvalue weighted by molar-refractivity contribution is -0.142. The van der Waals surface area contributed by atoms with E-state index >= 15 is 0 Å². The predicted molar refractivity (Wildman–Crippen MR) is 69.1 cm³/mol. The standard InChI is InChI=1S/C13H20N2O5/c1-14(6-5-11(16)20-2)13(19)15-8-3-4-10(15)9(7-8)12(17)18/h8-10H,3-7H2,1-2H3,(H,17,18). The summed E-state index contributed by atoms with van der Waals surface area (Å²) >= 11 is 0. The van der Waals surface area contributed by atoms with Crippen molar-refractivity contribution in [1.29, 1.82) is 0 Å². The molecule has 0 radical (unpaired) electrons. The minimum absolute atomic E-state index is 0.0224. The van der Waals surface area contributed by atoms with Crippen LogP contribution in [0.25, 0.3) is 0 Å². The molecule has 2 aliphatic heterocycles. The number of carbonyl (C=O) groups is 3. The first-order chi connectivity index (χ1) is 9.45. The number of rotatable bonds is 4. The van der Waals surface area contributed by atoms with E-state index in [1.165, 1.54) is 12.0 Å². The molecule has 0 saturated carbocycles. The van der Waals surface area contributed by atoms with Gasteiger partial charge in [-0.05, 0) is 19.3 Å². The molecule has 2 saturated heterocycles. The van der Waals surface area contributed by atoms with Gasteiger partial charge in [-0.2, -0.15) is 0 Å². The second kappa shape index (κ2) is 5.68. The van der Waals surface area contributed by atoms with E-state index in [1.54, 1.807) is 11.9 Å². The average molecular weight is 284 g/mol. The summed E-state index contributed by atoms with van der Waals surface area (Å²) in [5.41, 5.74) is 0. The van der Waals surface area contributed by atoms with Gasteiger partial charge in [-0.3, -0.25) is 9.59 Å². The molecule has 20 heavy (non-hydrogen) atoms. The van der Waals surface area contributed by atoms with Crippen molar-refractivity contribution in [1.82, 2.24) is 9.80 Å². The lowest BCUT2D eigenvalue weighted by Gasteiger charge is -2.28. The average Bonchev–Trinajstić information content (AvgIpc) is 3.00. The molecule has 0 aromatic rings. The molecular weight excluding hydrogens is 264 g/mol. The third-order valence-corrected chi connectivity index (χ3v) is 4.28. The summed E-state index contributed by atoms with van der Waals surface area (Å²) in [4.78, 5) is 37.8. The zero-order valence-corrected chi connectivity index (χ0v) is 11.7. The highest BCUT2D eigenvalue weighted by atomic mass is 16.5. The van der Waals surface area contributed by atoms with Gasteiger partial charge in [-0.1, -0.05) is 0 Å². The lowest BCUT2D eigenvalue weighted by atomic mass is 9.89. The fraction of sp³-hybridized carbons (Fsp3) is 0.769. The van der Waals surface area contributed by atoms with Crippen LogP contribution in [0.5, 0.6) is 0 Å². The summed E-state index contributed by atoms with van der Waals surface area (Å²) in [7, 11) is 2.93. The van der Waals surface area contributed by atoms with Gasteiger partial charge in [-0.25, -0.2) is 4.79 Å². The Balaban J connectivity index is 1.96. The van der Waals surface area contributed by atoms with Crippen LogP contribution >= 0.6 is 0 Å².